The van der Waals surface area contributed by atoms with Crippen molar-refractivity contribution in [2.24, 2.45) is 4.99 Å². The molecule has 0 spiro atoms. The van der Waals surface area contributed by atoms with Crippen molar-refractivity contribution in [3.8, 4) is 0 Å². The van der Waals surface area contributed by atoms with Gasteiger partial charge in [-0.2, -0.15) is 0 Å². The van der Waals surface area contributed by atoms with Crippen LogP contribution in [0.25, 0.3) is 0 Å². The van der Waals surface area contributed by atoms with Crippen LogP contribution in [0.3, 0.4) is 0 Å². The number of aryl methyl sites for hydroxylation is 2. The third-order valence-electron chi connectivity index (χ3n) is 5.69. The standard InChI is InChI=1S/C24H35FN4O3/c1-5-26-23(28-16-24(4,30)21-13-17(2)32-18(21)3)27-15-22(29-9-11-31-12-10-29)19-7-6-8-20(25)14-19/h6-8,13-14,22,30H,5,9-12,15-16H2,1-4H3,(H2,26,27,28). The molecule has 32 heavy (non-hydrogen) atoms. The van der Waals surface area contributed by atoms with E-state index in [1.807, 2.05) is 32.9 Å². The number of hydrogen-bond donors (Lipinski definition) is 3. The second kappa shape index (κ2) is 10.9. The van der Waals surface area contributed by atoms with Gasteiger partial charge < -0.3 is 24.9 Å². The highest BCUT2D eigenvalue weighted by Crippen LogP contribution is 2.27. The number of hydrogen-bond acceptors (Lipinski definition) is 5. The molecule has 7 nitrogen and oxygen atoms in total. The van der Waals surface area contributed by atoms with E-state index in [4.69, 9.17) is 9.15 Å². The summed E-state index contributed by atoms with van der Waals surface area (Å²) in [6.45, 7) is 11.7. The molecule has 176 valence electrons. The van der Waals surface area contributed by atoms with Gasteiger partial charge >= 0.3 is 0 Å². The Bertz CT molecular complexity index is 906. The Morgan fingerprint density at radius 1 is 1.25 bits per heavy atom. The van der Waals surface area contributed by atoms with Crippen LogP contribution in [0.5, 0.6) is 0 Å². The molecule has 1 fully saturated rings. The minimum Gasteiger partial charge on any atom is -0.466 e. The van der Waals surface area contributed by atoms with Gasteiger partial charge in [0.15, 0.2) is 5.96 Å². The maximum atomic E-state index is 13.9. The number of rotatable bonds is 8. The molecule has 2 atom stereocenters. The largest absolute Gasteiger partial charge is 0.466 e. The maximum absolute atomic E-state index is 13.9. The van der Waals surface area contributed by atoms with Gasteiger partial charge in [-0.15, -0.1) is 0 Å². The summed E-state index contributed by atoms with van der Waals surface area (Å²) in [5.74, 6) is 1.80. The van der Waals surface area contributed by atoms with Crippen LogP contribution in [0.4, 0.5) is 4.39 Å². The van der Waals surface area contributed by atoms with Crippen molar-refractivity contribution >= 4 is 5.96 Å². The van der Waals surface area contributed by atoms with Crippen LogP contribution in [0.15, 0.2) is 39.7 Å². The van der Waals surface area contributed by atoms with Crippen LogP contribution in [-0.2, 0) is 10.3 Å². The van der Waals surface area contributed by atoms with Crippen LogP contribution in [0, 0.1) is 19.7 Å². The maximum Gasteiger partial charge on any atom is 0.191 e. The lowest BCUT2D eigenvalue weighted by molar-refractivity contribution is 0.0169. The van der Waals surface area contributed by atoms with E-state index >= 15 is 0 Å². The second-order valence-electron chi connectivity index (χ2n) is 8.40. The summed E-state index contributed by atoms with van der Waals surface area (Å²) in [6.07, 6.45) is 0. The minimum absolute atomic E-state index is 0.0299. The molecule has 1 aromatic carbocycles. The molecule has 1 aromatic heterocycles. The molecule has 1 aliphatic heterocycles. The Morgan fingerprint density at radius 2 is 2.00 bits per heavy atom. The fourth-order valence-electron chi connectivity index (χ4n) is 4.08. The number of aliphatic hydroxyl groups is 1. The molecule has 0 bridgehead atoms. The Hall–Kier alpha value is -2.42. The second-order valence-corrected chi connectivity index (χ2v) is 8.40. The molecule has 2 unspecified atom stereocenters. The zero-order valence-electron chi connectivity index (χ0n) is 19.4. The van der Waals surface area contributed by atoms with Gasteiger partial charge in [-0.25, -0.2) is 9.38 Å². The van der Waals surface area contributed by atoms with Gasteiger partial charge in [-0.3, -0.25) is 4.90 Å². The van der Waals surface area contributed by atoms with E-state index in [-0.39, 0.29) is 18.4 Å². The van der Waals surface area contributed by atoms with Crippen molar-refractivity contribution in [3.63, 3.8) is 0 Å². The number of morpholine rings is 1. The van der Waals surface area contributed by atoms with E-state index in [1.54, 1.807) is 19.1 Å². The molecule has 3 N–H and O–H groups in total. The minimum atomic E-state index is -1.16. The average Bonchev–Trinajstić information content (AvgIpc) is 3.12. The average molecular weight is 447 g/mol. The number of guanidine groups is 1. The highest BCUT2D eigenvalue weighted by molar-refractivity contribution is 5.79. The number of aliphatic imine (C=N–C) groups is 1. The monoisotopic (exact) mass is 446 g/mol. The van der Waals surface area contributed by atoms with Crippen LogP contribution >= 0.6 is 0 Å². The molecule has 2 aromatic rings. The van der Waals surface area contributed by atoms with Crippen LogP contribution in [0.2, 0.25) is 0 Å². The van der Waals surface area contributed by atoms with Gasteiger partial charge in [0, 0.05) is 31.7 Å². The van der Waals surface area contributed by atoms with Crippen molar-refractivity contribution in [2.75, 3.05) is 45.9 Å². The summed E-state index contributed by atoms with van der Waals surface area (Å²) in [6, 6.07) is 8.55. The van der Waals surface area contributed by atoms with Gasteiger partial charge in [0.2, 0.25) is 0 Å². The molecule has 1 saturated heterocycles. The normalized spacial score (nSPS) is 18.2. The van der Waals surface area contributed by atoms with E-state index in [0.29, 0.717) is 38.0 Å². The lowest BCUT2D eigenvalue weighted by Gasteiger charge is -2.35. The van der Waals surface area contributed by atoms with Crippen molar-refractivity contribution in [2.45, 2.75) is 39.3 Å². The summed E-state index contributed by atoms with van der Waals surface area (Å²) in [4.78, 5) is 6.92. The number of nitrogens with zero attached hydrogens (tertiary/aromatic N) is 2. The Balaban J connectivity index is 1.74. The Kier molecular flexibility index (Phi) is 8.28. The molecular formula is C24H35FN4O3. The lowest BCUT2D eigenvalue weighted by Crippen LogP contribution is -2.46. The molecule has 0 aliphatic carbocycles. The van der Waals surface area contributed by atoms with E-state index in [0.717, 1.165) is 30.0 Å². The Labute approximate surface area is 189 Å². The van der Waals surface area contributed by atoms with Crippen molar-refractivity contribution in [1.82, 2.24) is 15.5 Å². The Morgan fingerprint density at radius 3 is 2.62 bits per heavy atom. The predicted octanol–water partition coefficient (Wildman–Crippen LogP) is 2.87. The predicted molar refractivity (Wildman–Crippen MR) is 123 cm³/mol. The summed E-state index contributed by atoms with van der Waals surface area (Å²) in [5.41, 5.74) is 0.489. The molecule has 0 radical (unpaired) electrons. The third-order valence-corrected chi connectivity index (χ3v) is 5.69. The highest BCUT2D eigenvalue weighted by atomic mass is 19.1. The quantitative estimate of drug-likeness (QED) is 0.427. The van der Waals surface area contributed by atoms with Gasteiger partial charge in [0.05, 0.1) is 25.8 Å². The van der Waals surface area contributed by atoms with Gasteiger partial charge in [-0.05, 0) is 51.5 Å². The topological polar surface area (TPSA) is 82.3 Å². The number of benzene rings is 1. The number of furan rings is 1. The zero-order valence-corrected chi connectivity index (χ0v) is 19.4. The number of nitrogens with one attached hydrogen (secondary N) is 2. The van der Waals surface area contributed by atoms with Gasteiger partial charge in [0.1, 0.15) is 22.9 Å². The molecular weight excluding hydrogens is 411 g/mol. The van der Waals surface area contributed by atoms with Crippen LogP contribution in [0.1, 0.15) is 42.5 Å². The van der Waals surface area contributed by atoms with E-state index in [1.165, 1.54) is 6.07 Å². The lowest BCUT2D eigenvalue weighted by atomic mass is 9.96. The molecule has 0 saturated carbocycles. The smallest absolute Gasteiger partial charge is 0.191 e. The summed E-state index contributed by atoms with van der Waals surface area (Å²) < 4.78 is 25.0. The molecule has 8 heteroatoms. The van der Waals surface area contributed by atoms with E-state index < -0.39 is 5.60 Å². The first kappa shape index (κ1) is 24.2. The summed E-state index contributed by atoms with van der Waals surface area (Å²) in [5, 5.41) is 17.6. The summed E-state index contributed by atoms with van der Waals surface area (Å²) in [7, 11) is 0. The van der Waals surface area contributed by atoms with E-state index in [2.05, 4.69) is 20.5 Å². The SMILES string of the molecule is CCNC(=NCC(C)(O)c1cc(C)oc1C)NCC(c1cccc(F)c1)N1CCOCC1. The molecule has 0 amide bonds. The highest BCUT2D eigenvalue weighted by Gasteiger charge is 2.28. The van der Waals surface area contributed by atoms with Gasteiger partial charge in [-0.1, -0.05) is 12.1 Å². The number of halogens is 1. The molecule has 3 rings (SSSR count). The first-order valence-electron chi connectivity index (χ1n) is 11.2. The van der Waals surface area contributed by atoms with Crippen LogP contribution < -0.4 is 10.6 Å². The first-order valence-corrected chi connectivity index (χ1v) is 11.2. The van der Waals surface area contributed by atoms with Crippen LogP contribution in [-0.4, -0.2) is 61.9 Å². The van der Waals surface area contributed by atoms with Gasteiger partial charge in [0.25, 0.3) is 0 Å². The summed E-state index contributed by atoms with van der Waals surface area (Å²) >= 11 is 0. The molecule has 2 heterocycles. The third kappa shape index (κ3) is 6.31. The van der Waals surface area contributed by atoms with Crippen molar-refractivity contribution in [3.05, 3.63) is 58.8 Å². The molecule has 1 aliphatic rings. The van der Waals surface area contributed by atoms with Crippen molar-refractivity contribution < 1.29 is 18.7 Å². The van der Waals surface area contributed by atoms with E-state index in [9.17, 15) is 9.50 Å². The first-order chi connectivity index (χ1) is 15.3. The number of ether oxygens (including phenoxy) is 1. The fourth-order valence-corrected chi connectivity index (χ4v) is 4.08. The zero-order chi connectivity index (χ0) is 23.1. The fraction of sp³-hybridized carbons (Fsp3) is 0.542. The van der Waals surface area contributed by atoms with Crippen molar-refractivity contribution in [1.29, 1.82) is 0 Å².